The highest BCUT2D eigenvalue weighted by Gasteiger charge is 2.12. The van der Waals surface area contributed by atoms with E-state index in [1.165, 1.54) is 6.08 Å². The summed E-state index contributed by atoms with van der Waals surface area (Å²) < 4.78 is 0. The molecule has 3 N–H and O–H groups in total. The third-order valence-corrected chi connectivity index (χ3v) is 3.57. The number of anilines is 1. The second kappa shape index (κ2) is 6.89. The van der Waals surface area contributed by atoms with Crippen molar-refractivity contribution < 1.29 is 4.79 Å². The molecule has 5 heteroatoms. The fourth-order valence-electron chi connectivity index (χ4n) is 2.46. The number of H-pyrrole nitrogens is 1. The van der Waals surface area contributed by atoms with E-state index in [-0.39, 0.29) is 5.91 Å². The number of nitrogens with two attached hydrogens (primary N) is 1. The molecule has 1 amide bonds. The van der Waals surface area contributed by atoms with Crippen LogP contribution in [0.3, 0.4) is 0 Å². The van der Waals surface area contributed by atoms with Crippen molar-refractivity contribution in [3.8, 4) is 0 Å². The standard InChI is InChI=1S/C18H18N4O/c19-12-13-22(14-6-2-1-3-7-14)18(23)11-10-17-15-8-4-5-9-16(15)20-21-17/h1-11H,12-13,19H2,(H,20,21)/b11-10+. The first-order valence-electron chi connectivity index (χ1n) is 7.47. The zero-order chi connectivity index (χ0) is 16.1. The topological polar surface area (TPSA) is 75.0 Å². The summed E-state index contributed by atoms with van der Waals surface area (Å²) in [5.41, 5.74) is 8.16. The van der Waals surface area contributed by atoms with Crippen molar-refractivity contribution in [1.29, 1.82) is 0 Å². The van der Waals surface area contributed by atoms with Gasteiger partial charge in [-0.15, -0.1) is 0 Å². The molecule has 0 unspecified atom stereocenters. The van der Waals surface area contributed by atoms with E-state index in [1.54, 1.807) is 11.0 Å². The average molecular weight is 306 g/mol. The van der Waals surface area contributed by atoms with Gasteiger partial charge in [-0.25, -0.2) is 0 Å². The highest BCUT2D eigenvalue weighted by Crippen LogP contribution is 2.17. The molecule has 116 valence electrons. The minimum absolute atomic E-state index is 0.117. The summed E-state index contributed by atoms with van der Waals surface area (Å²) in [5.74, 6) is -0.117. The average Bonchev–Trinajstić information content (AvgIpc) is 3.01. The Labute approximate surface area is 134 Å². The molecule has 23 heavy (non-hydrogen) atoms. The molecule has 3 aromatic rings. The van der Waals surface area contributed by atoms with Crippen LogP contribution in [0.25, 0.3) is 17.0 Å². The highest BCUT2D eigenvalue weighted by molar-refractivity contribution is 6.04. The minimum atomic E-state index is -0.117. The lowest BCUT2D eigenvalue weighted by Gasteiger charge is -2.20. The van der Waals surface area contributed by atoms with Gasteiger partial charge in [0.2, 0.25) is 0 Å². The van der Waals surface area contributed by atoms with E-state index in [0.29, 0.717) is 13.1 Å². The number of nitrogens with one attached hydrogen (secondary N) is 1. The molecule has 0 spiro atoms. The number of benzene rings is 2. The van der Waals surface area contributed by atoms with Crippen LogP contribution < -0.4 is 10.6 Å². The zero-order valence-electron chi connectivity index (χ0n) is 12.6. The Morgan fingerprint density at radius 3 is 2.65 bits per heavy atom. The Morgan fingerprint density at radius 1 is 1.13 bits per heavy atom. The number of carbonyl (C=O) groups is 1. The molecule has 0 saturated carbocycles. The van der Waals surface area contributed by atoms with Gasteiger partial charge in [0.15, 0.2) is 0 Å². The molecule has 5 nitrogen and oxygen atoms in total. The molecule has 0 aliphatic rings. The summed E-state index contributed by atoms with van der Waals surface area (Å²) >= 11 is 0. The lowest BCUT2D eigenvalue weighted by Crippen LogP contribution is -2.34. The monoisotopic (exact) mass is 306 g/mol. The molecule has 0 radical (unpaired) electrons. The maximum absolute atomic E-state index is 12.5. The summed E-state index contributed by atoms with van der Waals surface area (Å²) in [6, 6.07) is 17.3. The first-order chi connectivity index (χ1) is 11.3. The number of amides is 1. The summed E-state index contributed by atoms with van der Waals surface area (Å²) in [6.45, 7) is 0.869. The maximum atomic E-state index is 12.5. The fraction of sp³-hybridized carbons (Fsp3) is 0.111. The fourth-order valence-corrected chi connectivity index (χ4v) is 2.46. The number of carbonyl (C=O) groups excluding carboxylic acids is 1. The third kappa shape index (κ3) is 3.30. The van der Waals surface area contributed by atoms with Crippen LogP contribution in [-0.2, 0) is 4.79 Å². The van der Waals surface area contributed by atoms with Gasteiger partial charge in [0, 0.05) is 30.2 Å². The Bertz CT molecular complexity index is 823. The zero-order valence-corrected chi connectivity index (χ0v) is 12.6. The van der Waals surface area contributed by atoms with Crippen LogP contribution in [0.4, 0.5) is 5.69 Å². The van der Waals surface area contributed by atoms with E-state index in [1.807, 2.05) is 54.6 Å². The lowest BCUT2D eigenvalue weighted by atomic mass is 10.2. The van der Waals surface area contributed by atoms with E-state index < -0.39 is 0 Å². The molecule has 1 aromatic heterocycles. The van der Waals surface area contributed by atoms with Gasteiger partial charge in [0.05, 0.1) is 11.2 Å². The van der Waals surface area contributed by atoms with Crippen molar-refractivity contribution in [3.05, 3.63) is 66.4 Å². The SMILES string of the molecule is NCCN(C(=O)/C=C/c1n[nH]c2ccccc12)c1ccccc1. The summed E-state index contributed by atoms with van der Waals surface area (Å²) in [4.78, 5) is 14.2. The second-order valence-electron chi connectivity index (χ2n) is 5.10. The van der Waals surface area contributed by atoms with E-state index >= 15 is 0 Å². The minimum Gasteiger partial charge on any atom is -0.329 e. The Kier molecular flexibility index (Phi) is 4.49. The molecule has 0 bridgehead atoms. The van der Waals surface area contributed by atoms with Gasteiger partial charge in [-0.05, 0) is 24.3 Å². The van der Waals surface area contributed by atoms with Crippen molar-refractivity contribution in [2.45, 2.75) is 0 Å². The Hall–Kier alpha value is -2.92. The Balaban J connectivity index is 1.84. The van der Waals surface area contributed by atoms with Gasteiger partial charge < -0.3 is 10.6 Å². The van der Waals surface area contributed by atoms with Crippen molar-refractivity contribution in [2.75, 3.05) is 18.0 Å². The van der Waals surface area contributed by atoms with Crippen LogP contribution in [-0.4, -0.2) is 29.2 Å². The van der Waals surface area contributed by atoms with Crippen LogP contribution in [0.2, 0.25) is 0 Å². The number of hydrogen-bond acceptors (Lipinski definition) is 3. The largest absolute Gasteiger partial charge is 0.329 e. The predicted octanol–water partition coefficient (Wildman–Crippen LogP) is 2.57. The van der Waals surface area contributed by atoms with E-state index in [2.05, 4.69) is 10.2 Å². The van der Waals surface area contributed by atoms with Gasteiger partial charge in [-0.1, -0.05) is 36.4 Å². The van der Waals surface area contributed by atoms with Gasteiger partial charge in [0.1, 0.15) is 0 Å². The molecule has 2 aromatic carbocycles. The lowest BCUT2D eigenvalue weighted by molar-refractivity contribution is -0.114. The second-order valence-corrected chi connectivity index (χ2v) is 5.10. The molecule has 0 aliphatic carbocycles. The molecule has 3 rings (SSSR count). The van der Waals surface area contributed by atoms with Gasteiger partial charge in [-0.2, -0.15) is 5.10 Å². The maximum Gasteiger partial charge on any atom is 0.251 e. The first kappa shape index (κ1) is 15.0. The van der Waals surface area contributed by atoms with E-state index in [4.69, 9.17) is 5.73 Å². The predicted molar refractivity (Wildman–Crippen MR) is 93.0 cm³/mol. The van der Waals surface area contributed by atoms with Crippen molar-refractivity contribution in [1.82, 2.24) is 10.2 Å². The quantitative estimate of drug-likeness (QED) is 0.711. The number of rotatable bonds is 5. The van der Waals surface area contributed by atoms with Crippen LogP contribution >= 0.6 is 0 Å². The molecule has 1 heterocycles. The third-order valence-electron chi connectivity index (χ3n) is 3.57. The number of hydrogen-bond donors (Lipinski definition) is 2. The van der Waals surface area contributed by atoms with Crippen molar-refractivity contribution >= 4 is 28.6 Å². The van der Waals surface area contributed by atoms with Crippen molar-refractivity contribution in [3.63, 3.8) is 0 Å². The summed E-state index contributed by atoms with van der Waals surface area (Å²) in [6.07, 6.45) is 3.26. The number of aromatic amines is 1. The normalized spacial score (nSPS) is 11.2. The molecule has 0 fully saturated rings. The number of fused-ring (bicyclic) bond motifs is 1. The summed E-state index contributed by atoms with van der Waals surface area (Å²) in [5, 5.41) is 8.18. The molecule has 0 aliphatic heterocycles. The van der Waals surface area contributed by atoms with E-state index in [9.17, 15) is 4.79 Å². The smallest absolute Gasteiger partial charge is 0.251 e. The van der Waals surface area contributed by atoms with Crippen LogP contribution in [0, 0.1) is 0 Å². The van der Waals surface area contributed by atoms with Gasteiger partial charge in [0.25, 0.3) is 5.91 Å². The Morgan fingerprint density at radius 2 is 1.87 bits per heavy atom. The molecular formula is C18H18N4O. The number of aromatic nitrogens is 2. The molecule has 0 saturated heterocycles. The highest BCUT2D eigenvalue weighted by atomic mass is 16.2. The van der Waals surface area contributed by atoms with Crippen molar-refractivity contribution in [2.24, 2.45) is 5.73 Å². The van der Waals surface area contributed by atoms with Crippen LogP contribution in [0.1, 0.15) is 5.69 Å². The van der Waals surface area contributed by atoms with Gasteiger partial charge >= 0.3 is 0 Å². The first-order valence-corrected chi connectivity index (χ1v) is 7.47. The van der Waals surface area contributed by atoms with Gasteiger partial charge in [-0.3, -0.25) is 9.89 Å². The van der Waals surface area contributed by atoms with Crippen LogP contribution in [0.15, 0.2) is 60.7 Å². The van der Waals surface area contributed by atoms with Crippen LogP contribution in [0.5, 0.6) is 0 Å². The summed E-state index contributed by atoms with van der Waals surface area (Å²) in [7, 11) is 0. The molecule has 0 atom stereocenters. The number of para-hydroxylation sites is 2. The molecular weight excluding hydrogens is 288 g/mol. The van der Waals surface area contributed by atoms with E-state index in [0.717, 1.165) is 22.3 Å². The number of nitrogens with zero attached hydrogens (tertiary/aromatic N) is 2.